The van der Waals surface area contributed by atoms with E-state index >= 15 is 0 Å². The summed E-state index contributed by atoms with van der Waals surface area (Å²) in [7, 11) is 0. The molecule has 0 radical (unpaired) electrons. The smallest absolute Gasteiger partial charge is 0.220 e. The number of hydrogen-bond donors (Lipinski definition) is 1. The SMILES string of the molecule is NC(=O)C1CCN(CCCCCOCc2ccccc2)CC1. The molecule has 4 nitrogen and oxygen atoms in total. The molecule has 4 heteroatoms. The van der Waals surface area contributed by atoms with Crippen LogP contribution in [0.25, 0.3) is 0 Å². The van der Waals surface area contributed by atoms with Crippen LogP contribution in [0.1, 0.15) is 37.7 Å². The largest absolute Gasteiger partial charge is 0.377 e. The highest BCUT2D eigenvalue weighted by Gasteiger charge is 2.22. The van der Waals surface area contributed by atoms with Gasteiger partial charge in [0, 0.05) is 12.5 Å². The average Bonchev–Trinajstić information content (AvgIpc) is 2.55. The van der Waals surface area contributed by atoms with Gasteiger partial charge in [0.2, 0.25) is 5.91 Å². The highest BCUT2D eigenvalue weighted by Crippen LogP contribution is 2.17. The number of amides is 1. The normalized spacial score (nSPS) is 16.7. The molecule has 0 aliphatic carbocycles. The molecule has 0 saturated carbocycles. The quantitative estimate of drug-likeness (QED) is 0.713. The van der Waals surface area contributed by atoms with E-state index in [1.54, 1.807) is 0 Å². The van der Waals surface area contributed by atoms with Crippen molar-refractivity contribution in [3.63, 3.8) is 0 Å². The summed E-state index contributed by atoms with van der Waals surface area (Å²) in [5.41, 5.74) is 6.59. The number of carbonyl (C=O) groups is 1. The van der Waals surface area contributed by atoms with Gasteiger partial charge >= 0.3 is 0 Å². The van der Waals surface area contributed by atoms with Gasteiger partial charge in [0.1, 0.15) is 0 Å². The molecule has 1 heterocycles. The molecule has 0 aromatic heterocycles. The maximum atomic E-state index is 11.1. The van der Waals surface area contributed by atoms with Crippen LogP contribution in [0, 0.1) is 5.92 Å². The standard InChI is InChI=1S/C18H28N2O2/c19-18(21)17-9-12-20(13-10-17)11-5-2-6-14-22-15-16-7-3-1-4-8-16/h1,3-4,7-8,17H,2,5-6,9-15H2,(H2,19,21). The van der Waals surface area contributed by atoms with Crippen LogP contribution < -0.4 is 5.73 Å². The maximum absolute atomic E-state index is 11.1. The minimum atomic E-state index is -0.129. The summed E-state index contributed by atoms with van der Waals surface area (Å²) in [6.07, 6.45) is 5.37. The molecule has 22 heavy (non-hydrogen) atoms. The number of nitrogens with two attached hydrogens (primary N) is 1. The Morgan fingerprint density at radius 2 is 1.86 bits per heavy atom. The third-order valence-electron chi connectivity index (χ3n) is 4.36. The first-order chi connectivity index (χ1) is 10.8. The van der Waals surface area contributed by atoms with Crippen molar-refractivity contribution in [2.24, 2.45) is 11.7 Å². The van der Waals surface area contributed by atoms with Crippen LogP contribution in [0.5, 0.6) is 0 Å². The third kappa shape index (κ3) is 6.16. The second kappa shape index (κ2) is 9.59. The van der Waals surface area contributed by atoms with Crippen molar-refractivity contribution < 1.29 is 9.53 Å². The first kappa shape index (κ1) is 17.0. The molecule has 2 N–H and O–H groups in total. The highest BCUT2D eigenvalue weighted by molar-refractivity contribution is 5.76. The molecular weight excluding hydrogens is 276 g/mol. The van der Waals surface area contributed by atoms with E-state index in [9.17, 15) is 4.79 Å². The molecule has 2 rings (SSSR count). The number of nitrogens with zero attached hydrogens (tertiary/aromatic N) is 1. The number of piperidine rings is 1. The summed E-state index contributed by atoms with van der Waals surface area (Å²) in [5.74, 6) is -0.0298. The van der Waals surface area contributed by atoms with Crippen molar-refractivity contribution in [2.45, 2.75) is 38.7 Å². The van der Waals surface area contributed by atoms with Crippen molar-refractivity contribution in [1.82, 2.24) is 4.90 Å². The maximum Gasteiger partial charge on any atom is 0.220 e. The predicted molar refractivity (Wildman–Crippen MR) is 88.3 cm³/mol. The van der Waals surface area contributed by atoms with Crippen molar-refractivity contribution in [3.8, 4) is 0 Å². The summed E-state index contributed by atoms with van der Waals surface area (Å²) >= 11 is 0. The summed E-state index contributed by atoms with van der Waals surface area (Å²) < 4.78 is 5.69. The van der Waals surface area contributed by atoms with E-state index in [4.69, 9.17) is 10.5 Å². The topological polar surface area (TPSA) is 55.6 Å². The van der Waals surface area contributed by atoms with Crippen LogP contribution >= 0.6 is 0 Å². The zero-order valence-electron chi connectivity index (χ0n) is 13.4. The average molecular weight is 304 g/mol. The van der Waals surface area contributed by atoms with Crippen LogP contribution in [-0.4, -0.2) is 37.0 Å². The fraction of sp³-hybridized carbons (Fsp3) is 0.611. The number of carbonyl (C=O) groups excluding carboxylic acids is 1. The van der Waals surface area contributed by atoms with E-state index in [2.05, 4.69) is 17.0 Å². The highest BCUT2D eigenvalue weighted by atomic mass is 16.5. The number of likely N-dealkylation sites (tertiary alicyclic amines) is 1. The molecule has 0 unspecified atom stereocenters. The van der Waals surface area contributed by atoms with Gasteiger partial charge in [-0.25, -0.2) is 0 Å². The van der Waals surface area contributed by atoms with Gasteiger partial charge in [-0.3, -0.25) is 4.79 Å². The monoisotopic (exact) mass is 304 g/mol. The Morgan fingerprint density at radius 1 is 1.14 bits per heavy atom. The molecule has 1 aromatic rings. The number of ether oxygens (including phenoxy) is 1. The first-order valence-corrected chi connectivity index (χ1v) is 8.39. The predicted octanol–water partition coefficient (Wildman–Crippen LogP) is 2.57. The molecule has 1 aliphatic rings. The van der Waals surface area contributed by atoms with Crippen LogP contribution in [0.2, 0.25) is 0 Å². The summed E-state index contributed by atoms with van der Waals surface area (Å²) in [6, 6.07) is 10.3. The van der Waals surface area contributed by atoms with Gasteiger partial charge < -0.3 is 15.4 Å². The molecule has 1 amide bonds. The van der Waals surface area contributed by atoms with Gasteiger partial charge in [-0.05, 0) is 57.3 Å². The number of hydrogen-bond acceptors (Lipinski definition) is 3. The fourth-order valence-electron chi connectivity index (χ4n) is 2.92. The van der Waals surface area contributed by atoms with Crippen molar-refractivity contribution in [3.05, 3.63) is 35.9 Å². The van der Waals surface area contributed by atoms with Gasteiger partial charge in [-0.1, -0.05) is 30.3 Å². The Hall–Kier alpha value is -1.39. The lowest BCUT2D eigenvalue weighted by Crippen LogP contribution is -2.38. The van der Waals surface area contributed by atoms with E-state index in [0.29, 0.717) is 6.61 Å². The summed E-state index contributed by atoms with van der Waals surface area (Å²) in [5, 5.41) is 0. The molecule has 1 aromatic carbocycles. The lowest BCUT2D eigenvalue weighted by atomic mass is 9.96. The Morgan fingerprint density at radius 3 is 2.55 bits per heavy atom. The lowest BCUT2D eigenvalue weighted by molar-refractivity contribution is -0.123. The molecule has 122 valence electrons. The second-order valence-electron chi connectivity index (χ2n) is 6.12. The Balaban J connectivity index is 1.44. The lowest BCUT2D eigenvalue weighted by Gasteiger charge is -2.30. The van der Waals surface area contributed by atoms with E-state index in [1.165, 1.54) is 18.4 Å². The minimum Gasteiger partial charge on any atom is -0.377 e. The Bertz CT molecular complexity index is 428. The van der Waals surface area contributed by atoms with Crippen LogP contribution in [0.3, 0.4) is 0 Å². The minimum absolute atomic E-state index is 0.0997. The fourth-order valence-corrected chi connectivity index (χ4v) is 2.92. The molecule has 1 fully saturated rings. The Kier molecular flexibility index (Phi) is 7.40. The number of unbranched alkanes of at least 4 members (excludes halogenated alkanes) is 2. The van der Waals surface area contributed by atoms with E-state index in [0.717, 1.165) is 45.5 Å². The van der Waals surface area contributed by atoms with Gasteiger partial charge in [0.05, 0.1) is 6.61 Å². The van der Waals surface area contributed by atoms with Crippen molar-refractivity contribution in [1.29, 1.82) is 0 Å². The van der Waals surface area contributed by atoms with Crippen molar-refractivity contribution in [2.75, 3.05) is 26.2 Å². The van der Waals surface area contributed by atoms with Gasteiger partial charge in [-0.2, -0.15) is 0 Å². The summed E-state index contributed by atoms with van der Waals surface area (Å²) in [4.78, 5) is 13.6. The number of rotatable bonds is 9. The van der Waals surface area contributed by atoms with Gasteiger partial charge in [0.15, 0.2) is 0 Å². The van der Waals surface area contributed by atoms with Crippen LogP contribution in [-0.2, 0) is 16.1 Å². The molecule has 1 aliphatic heterocycles. The van der Waals surface area contributed by atoms with E-state index in [1.807, 2.05) is 18.2 Å². The van der Waals surface area contributed by atoms with Crippen LogP contribution in [0.15, 0.2) is 30.3 Å². The zero-order valence-corrected chi connectivity index (χ0v) is 13.4. The van der Waals surface area contributed by atoms with Gasteiger partial charge in [0.25, 0.3) is 0 Å². The molecule has 1 saturated heterocycles. The van der Waals surface area contributed by atoms with Crippen molar-refractivity contribution >= 4 is 5.91 Å². The van der Waals surface area contributed by atoms with Crippen LogP contribution in [0.4, 0.5) is 0 Å². The molecule has 0 atom stereocenters. The molecule has 0 spiro atoms. The molecular formula is C18H28N2O2. The summed E-state index contributed by atoms with van der Waals surface area (Å²) in [6.45, 7) is 4.69. The Labute approximate surface area is 133 Å². The first-order valence-electron chi connectivity index (χ1n) is 8.39. The molecule has 0 bridgehead atoms. The third-order valence-corrected chi connectivity index (χ3v) is 4.36. The van der Waals surface area contributed by atoms with E-state index in [-0.39, 0.29) is 11.8 Å². The second-order valence-corrected chi connectivity index (χ2v) is 6.12. The van der Waals surface area contributed by atoms with E-state index < -0.39 is 0 Å². The number of primary amides is 1. The zero-order chi connectivity index (χ0) is 15.6. The van der Waals surface area contributed by atoms with Gasteiger partial charge in [-0.15, -0.1) is 0 Å². The number of benzene rings is 1.